The van der Waals surface area contributed by atoms with Crippen molar-refractivity contribution in [1.82, 2.24) is 18.7 Å². The number of aryl methyl sites for hydroxylation is 2. The van der Waals surface area contributed by atoms with E-state index in [-0.39, 0.29) is 17.8 Å². The first-order valence-corrected chi connectivity index (χ1v) is 9.63. The molecule has 4 rings (SSSR count). The first-order valence-electron chi connectivity index (χ1n) is 9.63. The lowest BCUT2D eigenvalue weighted by molar-refractivity contribution is 0.458. The van der Waals surface area contributed by atoms with Gasteiger partial charge in [0, 0.05) is 32.4 Å². The average Bonchev–Trinajstić information content (AvgIpc) is 3.08. The number of hydrogen-bond donors (Lipinski definition) is 0. The SMILES string of the molecule is C=CCn1c(=O)c2c(nc3n2C[C@H](C)CN3c2ccc(CC)cc2)n(C)c1=O. The van der Waals surface area contributed by atoms with Crippen LogP contribution in [-0.2, 0) is 26.6 Å². The lowest BCUT2D eigenvalue weighted by atomic mass is 10.1. The summed E-state index contributed by atoms with van der Waals surface area (Å²) in [6.07, 6.45) is 2.55. The second kappa shape index (κ2) is 6.82. The van der Waals surface area contributed by atoms with Crippen LogP contribution in [0.3, 0.4) is 0 Å². The van der Waals surface area contributed by atoms with Gasteiger partial charge in [0.05, 0.1) is 0 Å². The second-order valence-corrected chi connectivity index (χ2v) is 7.48. The van der Waals surface area contributed by atoms with Gasteiger partial charge in [-0.2, -0.15) is 4.98 Å². The van der Waals surface area contributed by atoms with Crippen molar-refractivity contribution in [2.75, 3.05) is 11.4 Å². The van der Waals surface area contributed by atoms with Gasteiger partial charge in [-0.25, -0.2) is 4.79 Å². The van der Waals surface area contributed by atoms with Crippen LogP contribution in [0.15, 0.2) is 46.5 Å². The van der Waals surface area contributed by atoms with Crippen molar-refractivity contribution in [2.24, 2.45) is 13.0 Å². The minimum Gasteiger partial charge on any atom is -0.312 e. The predicted molar refractivity (Wildman–Crippen MR) is 111 cm³/mol. The zero-order valence-electron chi connectivity index (χ0n) is 16.6. The van der Waals surface area contributed by atoms with Gasteiger partial charge in [-0.3, -0.25) is 13.9 Å². The molecule has 1 aromatic carbocycles. The zero-order chi connectivity index (χ0) is 20.0. The molecule has 1 aliphatic rings. The van der Waals surface area contributed by atoms with Crippen LogP contribution in [0.5, 0.6) is 0 Å². The molecule has 7 nitrogen and oxygen atoms in total. The molecule has 0 fully saturated rings. The Morgan fingerprint density at radius 1 is 1.21 bits per heavy atom. The number of imidazole rings is 1. The zero-order valence-corrected chi connectivity index (χ0v) is 16.6. The van der Waals surface area contributed by atoms with Crippen LogP contribution >= 0.6 is 0 Å². The van der Waals surface area contributed by atoms with E-state index in [4.69, 9.17) is 4.98 Å². The summed E-state index contributed by atoms with van der Waals surface area (Å²) in [6, 6.07) is 8.42. The van der Waals surface area contributed by atoms with Crippen molar-refractivity contribution in [3.05, 3.63) is 63.3 Å². The van der Waals surface area contributed by atoms with Crippen LogP contribution < -0.4 is 16.1 Å². The Bertz CT molecular complexity index is 1170. The van der Waals surface area contributed by atoms with Crippen molar-refractivity contribution >= 4 is 22.8 Å². The highest BCUT2D eigenvalue weighted by Crippen LogP contribution is 2.32. The van der Waals surface area contributed by atoms with Gasteiger partial charge in [-0.05, 0) is 30.0 Å². The molecule has 0 aliphatic carbocycles. The summed E-state index contributed by atoms with van der Waals surface area (Å²) in [4.78, 5) is 32.5. The third-order valence-corrected chi connectivity index (χ3v) is 5.41. The van der Waals surface area contributed by atoms with Crippen LogP contribution in [0.25, 0.3) is 11.2 Å². The molecule has 0 radical (unpaired) electrons. The summed E-state index contributed by atoms with van der Waals surface area (Å²) in [5.74, 6) is 1.04. The fourth-order valence-electron chi connectivity index (χ4n) is 3.92. The van der Waals surface area contributed by atoms with Crippen molar-refractivity contribution in [3.8, 4) is 0 Å². The topological polar surface area (TPSA) is 65.1 Å². The molecule has 3 aromatic rings. The van der Waals surface area contributed by atoms with Gasteiger partial charge in [0.15, 0.2) is 11.2 Å². The molecule has 1 atom stereocenters. The first kappa shape index (κ1) is 18.3. The Kier molecular flexibility index (Phi) is 4.45. The lowest BCUT2D eigenvalue weighted by Crippen LogP contribution is -2.40. The van der Waals surface area contributed by atoms with Crippen molar-refractivity contribution in [2.45, 2.75) is 33.4 Å². The molecule has 146 valence electrons. The van der Waals surface area contributed by atoms with Crippen LogP contribution in [0.4, 0.5) is 11.6 Å². The molecular weight excluding hydrogens is 354 g/mol. The van der Waals surface area contributed by atoms with Gasteiger partial charge in [0.2, 0.25) is 5.95 Å². The van der Waals surface area contributed by atoms with Crippen LogP contribution in [0.2, 0.25) is 0 Å². The monoisotopic (exact) mass is 379 g/mol. The molecule has 28 heavy (non-hydrogen) atoms. The molecule has 1 aliphatic heterocycles. The van der Waals surface area contributed by atoms with E-state index in [2.05, 4.69) is 49.6 Å². The number of benzene rings is 1. The van der Waals surface area contributed by atoms with Gasteiger partial charge < -0.3 is 9.47 Å². The quantitative estimate of drug-likeness (QED) is 0.653. The number of anilines is 2. The molecule has 0 saturated heterocycles. The number of nitrogens with zero attached hydrogens (tertiary/aromatic N) is 5. The summed E-state index contributed by atoms with van der Waals surface area (Å²) in [6.45, 7) is 9.63. The summed E-state index contributed by atoms with van der Waals surface area (Å²) < 4.78 is 4.62. The van der Waals surface area contributed by atoms with E-state index in [1.54, 1.807) is 13.1 Å². The largest absolute Gasteiger partial charge is 0.332 e. The molecule has 0 saturated carbocycles. The second-order valence-electron chi connectivity index (χ2n) is 7.48. The van der Waals surface area contributed by atoms with E-state index in [1.807, 2.05) is 4.57 Å². The van der Waals surface area contributed by atoms with Gasteiger partial charge >= 0.3 is 5.69 Å². The molecule has 0 bridgehead atoms. The molecule has 2 aromatic heterocycles. The predicted octanol–water partition coefficient (Wildman–Crippen LogP) is 2.43. The molecular formula is C21H25N5O2. The maximum atomic E-state index is 13.1. The van der Waals surface area contributed by atoms with Crippen LogP contribution in [0.1, 0.15) is 19.4 Å². The number of allylic oxidation sites excluding steroid dienone is 1. The molecule has 3 heterocycles. The number of fused-ring (bicyclic) bond motifs is 3. The van der Waals surface area contributed by atoms with E-state index in [9.17, 15) is 9.59 Å². The van der Waals surface area contributed by atoms with E-state index in [1.165, 1.54) is 14.7 Å². The highest BCUT2D eigenvalue weighted by atomic mass is 16.2. The highest BCUT2D eigenvalue weighted by molar-refractivity contribution is 5.77. The van der Waals surface area contributed by atoms with Gasteiger partial charge in [0.25, 0.3) is 5.56 Å². The van der Waals surface area contributed by atoms with E-state index < -0.39 is 0 Å². The fraction of sp³-hybridized carbons (Fsp3) is 0.381. The maximum Gasteiger partial charge on any atom is 0.332 e. The van der Waals surface area contributed by atoms with Crippen LogP contribution in [-0.4, -0.2) is 25.2 Å². The molecule has 0 spiro atoms. The number of rotatable bonds is 4. The summed E-state index contributed by atoms with van der Waals surface area (Å²) in [5, 5.41) is 0. The Labute approximate surface area is 163 Å². The van der Waals surface area contributed by atoms with Crippen molar-refractivity contribution in [3.63, 3.8) is 0 Å². The highest BCUT2D eigenvalue weighted by Gasteiger charge is 2.29. The molecule has 0 N–H and O–H groups in total. The summed E-state index contributed by atoms with van der Waals surface area (Å²) in [5.41, 5.74) is 2.52. The average molecular weight is 379 g/mol. The van der Waals surface area contributed by atoms with Crippen LogP contribution in [0, 0.1) is 5.92 Å². The number of hydrogen-bond acceptors (Lipinski definition) is 4. The van der Waals surface area contributed by atoms with Crippen molar-refractivity contribution < 1.29 is 0 Å². The normalized spacial score (nSPS) is 16.4. The lowest BCUT2D eigenvalue weighted by Gasteiger charge is -2.33. The fourth-order valence-corrected chi connectivity index (χ4v) is 3.92. The Balaban J connectivity index is 1.97. The number of aromatic nitrogens is 4. The van der Waals surface area contributed by atoms with E-state index in [0.29, 0.717) is 29.6 Å². The Morgan fingerprint density at radius 3 is 2.57 bits per heavy atom. The minimum atomic E-state index is -0.375. The molecule has 0 unspecified atom stereocenters. The molecule has 7 heteroatoms. The summed E-state index contributed by atoms with van der Waals surface area (Å²) >= 11 is 0. The van der Waals surface area contributed by atoms with Gasteiger partial charge in [-0.1, -0.05) is 32.1 Å². The Hall–Kier alpha value is -3.09. The smallest absolute Gasteiger partial charge is 0.312 e. The van der Waals surface area contributed by atoms with Gasteiger partial charge in [-0.15, -0.1) is 6.58 Å². The first-order chi connectivity index (χ1) is 13.5. The minimum absolute atomic E-state index is 0.180. The standard InChI is InChI=1S/C21H25N5O2/c1-5-11-24-19(27)17-18(23(4)21(24)28)22-20-25(12-14(3)13-26(17)20)16-9-7-15(6-2)8-10-16/h5,7-10,14H,1,6,11-13H2,2-4H3/t14-/m1/s1. The Morgan fingerprint density at radius 2 is 1.93 bits per heavy atom. The van der Waals surface area contributed by atoms with Gasteiger partial charge in [0.1, 0.15) is 0 Å². The molecule has 0 amide bonds. The summed E-state index contributed by atoms with van der Waals surface area (Å²) in [7, 11) is 1.66. The maximum absolute atomic E-state index is 13.1. The third kappa shape index (κ3) is 2.69. The third-order valence-electron chi connectivity index (χ3n) is 5.41. The van der Waals surface area contributed by atoms with E-state index >= 15 is 0 Å². The van der Waals surface area contributed by atoms with Crippen molar-refractivity contribution in [1.29, 1.82) is 0 Å². The van der Waals surface area contributed by atoms with E-state index in [0.717, 1.165) is 18.7 Å².